The van der Waals surface area contributed by atoms with E-state index in [1.807, 2.05) is 6.07 Å². The van der Waals surface area contributed by atoms with E-state index in [-0.39, 0.29) is 11.8 Å². The Balaban J connectivity index is 2.15. The van der Waals surface area contributed by atoms with Crippen molar-refractivity contribution < 1.29 is 23.8 Å². The van der Waals surface area contributed by atoms with Gasteiger partial charge in [0, 0.05) is 38.7 Å². The molecule has 1 aliphatic heterocycles. The Bertz CT molecular complexity index is 887. The van der Waals surface area contributed by atoms with Crippen molar-refractivity contribution >= 4 is 11.8 Å². The van der Waals surface area contributed by atoms with E-state index in [1.54, 1.807) is 49.7 Å². The van der Waals surface area contributed by atoms with Gasteiger partial charge in [-0.3, -0.25) is 14.6 Å². The lowest BCUT2D eigenvalue weighted by atomic mass is 9.79. The number of hydrogen-bond acceptors (Lipinski definition) is 6. The minimum atomic E-state index is -0.645. The van der Waals surface area contributed by atoms with Crippen LogP contribution in [0.1, 0.15) is 33.4 Å². The van der Waals surface area contributed by atoms with Crippen molar-refractivity contribution in [2.75, 3.05) is 41.5 Å². The van der Waals surface area contributed by atoms with Gasteiger partial charge in [0.25, 0.3) is 5.91 Å². The highest BCUT2D eigenvalue weighted by Gasteiger charge is 2.43. The summed E-state index contributed by atoms with van der Waals surface area (Å²) in [5.74, 6) is -0.150. The normalized spacial score (nSPS) is 18.2. The molecule has 1 aromatic heterocycles. The molecule has 2 heterocycles. The van der Waals surface area contributed by atoms with Crippen molar-refractivity contribution in [1.29, 1.82) is 0 Å². The van der Waals surface area contributed by atoms with E-state index in [4.69, 9.17) is 14.2 Å². The molecule has 0 aliphatic carbocycles. The molecule has 0 unspecified atom stereocenters. The van der Waals surface area contributed by atoms with Crippen LogP contribution in [-0.4, -0.2) is 63.2 Å². The largest absolute Gasteiger partial charge is 0.493 e. The van der Waals surface area contributed by atoms with Gasteiger partial charge in [-0.1, -0.05) is 6.07 Å². The second kappa shape index (κ2) is 8.91. The first-order valence-corrected chi connectivity index (χ1v) is 9.23. The van der Waals surface area contributed by atoms with Crippen LogP contribution in [0.3, 0.4) is 0 Å². The molecule has 2 aromatic rings. The SMILES string of the molecule is COCCNC(=O)[C@@H]1c2cc(OC)c(OC)cc2C(=O)N(C)[C@H]1c1cccnc1. The summed E-state index contributed by atoms with van der Waals surface area (Å²) in [4.78, 5) is 32.1. The van der Waals surface area contributed by atoms with E-state index < -0.39 is 12.0 Å². The van der Waals surface area contributed by atoms with Crippen molar-refractivity contribution in [2.45, 2.75) is 12.0 Å². The Hall–Kier alpha value is -3.13. The number of carbonyl (C=O) groups excluding carboxylic acids is 2. The molecular weight excluding hydrogens is 374 g/mol. The highest BCUT2D eigenvalue weighted by molar-refractivity contribution is 6.02. The molecule has 0 spiro atoms. The van der Waals surface area contributed by atoms with Gasteiger partial charge in [0.1, 0.15) is 0 Å². The predicted molar refractivity (Wildman–Crippen MR) is 106 cm³/mol. The van der Waals surface area contributed by atoms with E-state index in [0.29, 0.717) is 35.8 Å². The Labute approximate surface area is 169 Å². The molecule has 0 saturated carbocycles. The first-order chi connectivity index (χ1) is 14.0. The Morgan fingerprint density at radius 1 is 1.21 bits per heavy atom. The number of fused-ring (bicyclic) bond motifs is 1. The summed E-state index contributed by atoms with van der Waals surface area (Å²) in [5.41, 5.74) is 1.78. The summed E-state index contributed by atoms with van der Waals surface area (Å²) in [6.45, 7) is 0.759. The highest BCUT2D eigenvalue weighted by atomic mass is 16.5. The van der Waals surface area contributed by atoms with E-state index in [0.717, 1.165) is 5.56 Å². The maximum atomic E-state index is 13.2. The molecule has 29 heavy (non-hydrogen) atoms. The molecule has 3 rings (SSSR count). The molecular formula is C21H25N3O5. The summed E-state index contributed by atoms with van der Waals surface area (Å²) in [6, 6.07) is 6.48. The van der Waals surface area contributed by atoms with Gasteiger partial charge in [0.2, 0.25) is 5.91 Å². The number of carbonyl (C=O) groups is 2. The number of benzene rings is 1. The number of methoxy groups -OCH3 is 3. The van der Waals surface area contributed by atoms with Crippen LogP contribution in [0.2, 0.25) is 0 Å². The van der Waals surface area contributed by atoms with Crippen LogP contribution in [-0.2, 0) is 9.53 Å². The van der Waals surface area contributed by atoms with Gasteiger partial charge >= 0.3 is 0 Å². The number of rotatable bonds is 7. The summed E-state index contributed by atoms with van der Waals surface area (Å²) in [5, 5.41) is 2.90. The van der Waals surface area contributed by atoms with Crippen LogP contribution in [0.5, 0.6) is 11.5 Å². The van der Waals surface area contributed by atoms with Crippen LogP contribution >= 0.6 is 0 Å². The number of nitrogens with zero attached hydrogens (tertiary/aromatic N) is 2. The van der Waals surface area contributed by atoms with E-state index in [2.05, 4.69) is 10.3 Å². The quantitative estimate of drug-likeness (QED) is 0.714. The van der Waals surface area contributed by atoms with Gasteiger partial charge in [0.05, 0.1) is 32.8 Å². The maximum Gasteiger partial charge on any atom is 0.254 e. The fourth-order valence-corrected chi connectivity index (χ4v) is 3.69. The number of likely N-dealkylation sites (N-methyl/N-ethyl adjacent to an activating group) is 1. The number of amides is 2. The predicted octanol–water partition coefficient (Wildman–Crippen LogP) is 1.77. The minimum absolute atomic E-state index is 0.198. The first-order valence-electron chi connectivity index (χ1n) is 9.23. The number of nitrogens with one attached hydrogen (secondary N) is 1. The fraction of sp³-hybridized carbons (Fsp3) is 0.381. The Morgan fingerprint density at radius 3 is 2.55 bits per heavy atom. The maximum absolute atomic E-state index is 13.2. The van der Waals surface area contributed by atoms with E-state index >= 15 is 0 Å². The van der Waals surface area contributed by atoms with Crippen molar-refractivity contribution in [3.8, 4) is 11.5 Å². The van der Waals surface area contributed by atoms with Crippen LogP contribution in [0.15, 0.2) is 36.7 Å². The molecule has 0 radical (unpaired) electrons. The smallest absolute Gasteiger partial charge is 0.254 e. The molecule has 0 bridgehead atoms. The number of pyridine rings is 1. The molecule has 8 nitrogen and oxygen atoms in total. The zero-order valence-corrected chi connectivity index (χ0v) is 17.0. The lowest BCUT2D eigenvalue weighted by Crippen LogP contribution is -2.46. The van der Waals surface area contributed by atoms with Gasteiger partial charge < -0.3 is 24.4 Å². The first kappa shape index (κ1) is 20.6. The lowest BCUT2D eigenvalue weighted by molar-refractivity contribution is -0.124. The summed E-state index contributed by atoms with van der Waals surface area (Å²) in [7, 11) is 6.29. The second-order valence-electron chi connectivity index (χ2n) is 6.70. The highest BCUT2D eigenvalue weighted by Crippen LogP contribution is 2.45. The molecule has 0 fully saturated rings. The van der Waals surface area contributed by atoms with Crippen molar-refractivity contribution in [3.05, 3.63) is 53.3 Å². The molecule has 0 saturated heterocycles. The molecule has 154 valence electrons. The zero-order valence-electron chi connectivity index (χ0n) is 17.0. The monoisotopic (exact) mass is 399 g/mol. The van der Waals surface area contributed by atoms with Crippen LogP contribution < -0.4 is 14.8 Å². The minimum Gasteiger partial charge on any atom is -0.493 e. The third-order valence-electron chi connectivity index (χ3n) is 5.09. The van der Waals surface area contributed by atoms with Gasteiger partial charge in [0.15, 0.2) is 11.5 Å². The molecule has 1 aromatic carbocycles. The second-order valence-corrected chi connectivity index (χ2v) is 6.70. The molecule has 1 N–H and O–H groups in total. The number of hydrogen-bond donors (Lipinski definition) is 1. The van der Waals surface area contributed by atoms with Gasteiger partial charge in [-0.05, 0) is 29.3 Å². The Kier molecular flexibility index (Phi) is 6.33. The van der Waals surface area contributed by atoms with Crippen molar-refractivity contribution in [3.63, 3.8) is 0 Å². The average molecular weight is 399 g/mol. The standard InChI is InChI=1S/C21H25N3O5/c1-24-19(13-6-5-7-22-12-13)18(20(25)23-8-9-27-2)14-10-16(28-3)17(29-4)11-15(14)21(24)26/h5-7,10-12,18-19H,8-9H2,1-4H3,(H,23,25)/t18-,19+/m1/s1. The summed E-state index contributed by atoms with van der Waals surface area (Å²) in [6.07, 6.45) is 3.33. The molecule has 2 amide bonds. The van der Waals surface area contributed by atoms with E-state index in [1.165, 1.54) is 14.2 Å². The van der Waals surface area contributed by atoms with Gasteiger partial charge in [-0.2, -0.15) is 0 Å². The van der Waals surface area contributed by atoms with Gasteiger partial charge in [-0.15, -0.1) is 0 Å². The van der Waals surface area contributed by atoms with Crippen LogP contribution in [0, 0.1) is 0 Å². The molecule has 8 heteroatoms. The summed E-state index contributed by atoms with van der Waals surface area (Å²) >= 11 is 0. The molecule has 1 aliphatic rings. The lowest BCUT2D eigenvalue weighted by Gasteiger charge is -2.39. The van der Waals surface area contributed by atoms with Gasteiger partial charge in [-0.25, -0.2) is 0 Å². The van der Waals surface area contributed by atoms with E-state index in [9.17, 15) is 9.59 Å². The van der Waals surface area contributed by atoms with Crippen molar-refractivity contribution in [2.24, 2.45) is 0 Å². The van der Waals surface area contributed by atoms with Crippen LogP contribution in [0.25, 0.3) is 0 Å². The number of ether oxygens (including phenoxy) is 3. The van der Waals surface area contributed by atoms with Crippen molar-refractivity contribution in [1.82, 2.24) is 15.2 Å². The molecule has 2 atom stereocenters. The zero-order chi connectivity index (χ0) is 21.0. The van der Waals surface area contributed by atoms with Crippen LogP contribution in [0.4, 0.5) is 0 Å². The fourth-order valence-electron chi connectivity index (χ4n) is 3.69. The third-order valence-corrected chi connectivity index (χ3v) is 5.09. The number of aromatic nitrogens is 1. The Morgan fingerprint density at radius 2 is 1.93 bits per heavy atom. The topological polar surface area (TPSA) is 90.0 Å². The third kappa shape index (κ3) is 3.88. The summed E-state index contributed by atoms with van der Waals surface area (Å²) < 4.78 is 15.8. The average Bonchev–Trinajstić information content (AvgIpc) is 2.75.